The standard InChI is InChI=1S/C12H16O3/c1-12(2,15)7-6-9-4-3-5-10(8-9)11(13)14/h3-5,8,15H,6-7H2,1-2H3,(H,13,14). The van der Waals surface area contributed by atoms with Crippen LogP contribution in [0.4, 0.5) is 0 Å². The Labute approximate surface area is 89.4 Å². The molecule has 0 saturated carbocycles. The van der Waals surface area contributed by atoms with Crippen LogP contribution < -0.4 is 0 Å². The number of hydrogen-bond acceptors (Lipinski definition) is 2. The number of carboxylic acid groups (broad SMARTS) is 1. The molecule has 1 aromatic carbocycles. The normalized spacial score (nSPS) is 11.4. The fourth-order valence-corrected chi connectivity index (χ4v) is 1.31. The van der Waals surface area contributed by atoms with E-state index in [2.05, 4.69) is 0 Å². The molecule has 0 unspecified atom stereocenters. The van der Waals surface area contributed by atoms with E-state index in [4.69, 9.17) is 5.11 Å². The molecule has 1 rings (SSSR count). The van der Waals surface area contributed by atoms with Crippen LogP contribution in [0.1, 0.15) is 36.2 Å². The van der Waals surface area contributed by atoms with Crippen molar-refractivity contribution in [3.8, 4) is 0 Å². The van der Waals surface area contributed by atoms with E-state index in [9.17, 15) is 9.90 Å². The third kappa shape index (κ3) is 4.13. The second kappa shape index (κ2) is 4.45. The summed E-state index contributed by atoms with van der Waals surface area (Å²) in [5.41, 5.74) is 0.527. The Hall–Kier alpha value is -1.35. The number of carbonyl (C=O) groups is 1. The molecule has 15 heavy (non-hydrogen) atoms. The number of aromatic carboxylic acids is 1. The number of aliphatic hydroxyl groups is 1. The Balaban J connectivity index is 2.70. The molecule has 2 N–H and O–H groups in total. The Morgan fingerprint density at radius 1 is 1.40 bits per heavy atom. The van der Waals surface area contributed by atoms with Gasteiger partial charge in [0.05, 0.1) is 11.2 Å². The van der Waals surface area contributed by atoms with E-state index in [1.54, 1.807) is 32.0 Å². The molecule has 1 aromatic rings. The van der Waals surface area contributed by atoms with Gasteiger partial charge in [0.25, 0.3) is 0 Å². The van der Waals surface area contributed by atoms with E-state index in [0.29, 0.717) is 18.4 Å². The molecule has 3 nitrogen and oxygen atoms in total. The molecule has 0 aliphatic heterocycles. The van der Waals surface area contributed by atoms with Crippen molar-refractivity contribution < 1.29 is 15.0 Å². The minimum absolute atomic E-state index is 0.295. The third-order valence-corrected chi connectivity index (χ3v) is 2.20. The van der Waals surface area contributed by atoms with E-state index in [0.717, 1.165) is 5.56 Å². The van der Waals surface area contributed by atoms with Gasteiger partial charge in [0.15, 0.2) is 0 Å². The SMILES string of the molecule is CC(C)(O)CCc1cccc(C(=O)O)c1. The average molecular weight is 208 g/mol. The number of benzene rings is 1. The molecule has 0 amide bonds. The first-order valence-corrected chi connectivity index (χ1v) is 4.93. The van der Waals surface area contributed by atoms with Crippen molar-refractivity contribution in [2.24, 2.45) is 0 Å². The minimum atomic E-state index is -0.917. The van der Waals surface area contributed by atoms with E-state index in [1.165, 1.54) is 0 Å². The molecule has 0 atom stereocenters. The van der Waals surface area contributed by atoms with Crippen LogP contribution in [0.5, 0.6) is 0 Å². The van der Waals surface area contributed by atoms with E-state index >= 15 is 0 Å². The lowest BCUT2D eigenvalue weighted by atomic mass is 9.98. The van der Waals surface area contributed by atoms with Crippen LogP contribution in [0.2, 0.25) is 0 Å². The zero-order valence-electron chi connectivity index (χ0n) is 9.03. The zero-order valence-corrected chi connectivity index (χ0v) is 9.03. The van der Waals surface area contributed by atoms with Gasteiger partial charge < -0.3 is 10.2 Å². The lowest BCUT2D eigenvalue weighted by Gasteiger charge is -2.16. The van der Waals surface area contributed by atoms with Crippen molar-refractivity contribution in [3.05, 3.63) is 35.4 Å². The predicted molar refractivity (Wildman–Crippen MR) is 58.0 cm³/mol. The summed E-state index contributed by atoms with van der Waals surface area (Å²) in [6.07, 6.45) is 1.31. The highest BCUT2D eigenvalue weighted by Gasteiger charge is 2.12. The number of aryl methyl sites for hydroxylation is 1. The van der Waals surface area contributed by atoms with Gasteiger partial charge in [-0.3, -0.25) is 0 Å². The van der Waals surface area contributed by atoms with Crippen LogP contribution in [0.25, 0.3) is 0 Å². The highest BCUT2D eigenvalue weighted by Crippen LogP contribution is 2.14. The van der Waals surface area contributed by atoms with Crippen LogP contribution in [0.15, 0.2) is 24.3 Å². The molecule has 3 heteroatoms. The minimum Gasteiger partial charge on any atom is -0.478 e. The van der Waals surface area contributed by atoms with Crippen LogP contribution in [0, 0.1) is 0 Å². The van der Waals surface area contributed by atoms with Gasteiger partial charge in [0, 0.05) is 0 Å². The van der Waals surface area contributed by atoms with Gasteiger partial charge in [-0.25, -0.2) is 4.79 Å². The Morgan fingerprint density at radius 3 is 2.60 bits per heavy atom. The molecule has 0 aliphatic rings. The summed E-state index contributed by atoms with van der Waals surface area (Å²) >= 11 is 0. The maximum Gasteiger partial charge on any atom is 0.335 e. The lowest BCUT2D eigenvalue weighted by Crippen LogP contribution is -2.19. The largest absolute Gasteiger partial charge is 0.478 e. The fourth-order valence-electron chi connectivity index (χ4n) is 1.31. The molecule has 0 heterocycles. The summed E-state index contributed by atoms with van der Waals surface area (Å²) in [6, 6.07) is 6.81. The van der Waals surface area contributed by atoms with Gasteiger partial charge in [0.1, 0.15) is 0 Å². The van der Waals surface area contributed by atoms with Crippen LogP contribution >= 0.6 is 0 Å². The van der Waals surface area contributed by atoms with Gasteiger partial charge in [-0.05, 0) is 44.4 Å². The molecule has 0 aromatic heterocycles. The number of carboxylic acids is 1. The third-order valence-electron chi connectivity index (χ3n) is 2.20. The van der Waals surface area contributed by atoms with Crippen LogP contribution in [-0.4, -0.2) is 21.8 Å². The van der Waals surface area contributed by atoms with Crippen molar-refractivity contribution in [3.63, 3.8) is 0 Å². The quantitative estimate of drug-likeness (QED) is 0.796. The van der Waals surface area contributed by atoms with E-state index in [-0.39, 0.29) is 0 Å². The van der Waals surface area contributed by atoms with Crippen molar-refractivity contribution in [2.75, 3.05) is 0 Å². The maximum absolute atomic E-state index is 10.7. The smallest absolute Gasteiger partial charge is 0.335 e. The molecule has 0 spiro atoms. The molecular formula is C12H16O3. The van der Waals surface area contributed by atoms with Crippen LogP contribution in [0.3, 0.4) is 0 Å². The molecule has 0 radical (unpaired) electrons. The molecule has 0 aliphatic carbocycles. The summed E-state index contributed by atoms with van der Waals surface area (Å²) in [6.45, 7) is 3.49. The predicted octanol–water partition coefficient (Wildman–Crippen LogP) is 2.09. The highest BCUT2D eigenvalue weighted by molar-refractivity contribution is 5.87. The first kappa shape index (κ1) is 11.7. The lowest BCUT2D eigenvalue weighted by molar-refractivity contribution is 0.0696. The highest BCUT2D eigenvalue weighted by atomic mass is 16.4. The zero-order chi connectivity index (χ0) is 11.5. The topological polar surface area (TPSA) is 57.5 Å². The van der Waals surface area contributed by atoms with Gasteiger partial charge in [-0.1, -0.05) is 12.1 Å². The van der Waals surface area contributed by atoms with Crippen molar-refractivity contribution in [1.29, 1.82) is 0 Å². The van der Waals surface area contributed by atoms with Crippen molar-refractivity contribution >= 4 is 5.97 Å². The summed E-state index contributed by atoms with van der Waals surface area (Å²) in [7, 11) is 0. The molecule has 0 bridgehead atoms. The Kier molecular flexibility index (Phi) is 3.48. The van der Waals surface area contributed by atoms with Gasteiger partial charge in [-0.15, -0.1) is 0 Å². The van der Waals surface area contributed by atoms with Crippen LogP contribution in [-0.2, 0) is 6.42 Å². The molecular weight excluding hydrogens is 192 g/mol. The second-order valence-electron chi connectivity index (χ2n) is 4.32. The number of rotatable bonds is 4. The number of hydrogen-bond donors (Lipinski definition) is 2. The van der Waals surface area contributed by atoms with Crippen molar-refractivity contribution in [2.45, 2.75) is 32.3 Å². The molecule has 0 saturated heterocycles. The van der Waals surface area contributed by atoms with Gasteiger partial charge in [-0.2, -0.15) is 0 Å². The first-order chi connectivity index (χ1) is 6.88. The first-order valence-electron chi connectivity index (χ1n) is 4.93. The second-order valence-corrected chi connectivity index (χ2v) is 4.32. The summed E-state index contributed by atoms with van der Waals surface area (Å²) < 4.78 is 0. The van der Waals surface area contributed by atoms with E-state index in [1.807, 2.05) is 6.07 Å². The molecule has 82 valence electrons. The summed E-state index contributed by atoms with van der Waals surface area (Å²) in [5.74, 6) is -0.917. The summed E-state index contributed by atoms with van der Waals surface area (Å²) in [5, 5.41) is 18.3. The van der Waals surface area contributed by atoms with Crippen molar-refractivity contribution in [1.82, 2.24) is 0 Å². The van der Waals surface area contributed by atoms with Gasteiger partial charge in [0.2, 0.25) is 0 Å². The average Bonchev–Trinajstić information content (AvgIpc) is 2.14. The van der Waals surface area contributed by atoms with E-state index < -0.39 is 11.6 Å². The summed E-state index contributed by atoms with van der Waals surface area (Å²) in [4.78, 5) is 10.7. The monoisotopic (exact) mass is 208 g/mol. The fraction of sp³-hybridized carbons (Fsp3) is 0.417. The Bertz CT molecular complexity index is 350. The van der Waals surface area contributed by atoms with Gasteiger partial charge >= 0.3 is 5.97 Å². The molecule has 0 fully saturated rings. The Morgan fingerprint density at radius 2 is 2.07 bits per heavy atom. The maximum atomic E-state index is 10.7.